The number of anilines is 3. The Bertz CT molecular complexity index is 815. The number of rotatable bonds is 6. The van der Waals surface area contributed by atoms with Crippen LogP contribution in [0, 0.1) is 0 Å². The maximum atomic E-state index is 12.3. The Balaban J connectivity index is 1.61. The van der Waals surface area contributed by atoms with Gasteiger partial charge in [0.15, 0.2) is 0 Å². The van der Waals surface area contributed by atoms with Gasteiger partial charge in [0, 0.05) is 28.4 Å². The van der Waals surface area contributed by atoms with Crippen LogP contribution in [0.1, 0.15) is 15.9 Å². The fourth-order valence-electron chi connectivity index (χ4n) is 2.45. The third-order valence-electron chi connectivity index (χ3n) is 3.73. The molecule has 1 amide bonds. The van der Waals surface area contributed by atoms with E-state index in [-0.39, 0.29) is 5.91 Å². The van der Waals surface area contributed by atoms with Crippen molar-refractivity contribution < 1.29 is 4.79 Å². The molecule has 3 aromatic carbocycles. The summed E-state index contributed by atoms with van der Waals surface area (Å²) in [6.45, 7) is 0. The van der Waals surface area contributed by atoms with Crippen LogP contribution in [0.5, 0.6) is 0 Å². The molecule has 2 N–H and O–H groups in total. The van der Waals surface area contributed by atoms with Gasteiger partial charge in [0.2, 0.25) is 0 Å². The van der Waals surface area contributed by atoms with Crippen molar-refractivity contribution in [1.82, 2.24) is 0 Å². The summed E-state index contributed by atoms with van der Waals surface area (Å²) < 4.78 is 0. The Morgan fingerprint density at radius 3 is 2.04 bits per heavy atom. The van der Waals surface area contributed by atoms with Crippen molar-refractivity contribution in [2.45, 2.75) is 5.75 Å². The van der Waals surface area contributed by atoms with Crippen LogP contribution < -0.4 is 10.6 Å². The van der Waals surface area contributed by atoms with Crippen LogP contribution in [0.15, 0.2) is 78.9 Å². The molecule has 0 bridgehead atoms. The van der Waals surface area contributed by atoms with Gasteiger partial charge in [-0.2, -0.15) is 11.8 Å². The van der Waals surface area contributed by atoms with Gasteiger partial charge in [-0.1, -0.05) is 30.3 Å². The quantitative estimate of drug-likeness (QED) is 0.614. The summed E-state index contributed by atoms with van der Waals surface area (Å²) >= 11 is 1.77. The summed E-state index contributed by atoms with van der Waals surface area (Å²) in [5.74, 6) is 0.858. The van der Waals surface area contributed by atoms with Gasteiger partial charge in [-0.15, -0.1) is 0 Å². The zero-order valence-corrected chi connectivity index (χ0v) is 14.8. The first kappa shape index (κ1) is 17.1. The van der Waals surface area contributed by atoms with Gasteiger partial charge in [-0.3, -0.25) is 4.79 Å². The van der Waals surface area contributed by atoms with E-state index in [9.17, 15) is 4.79 Å². The Hall–Kier alpha value is -2.72. The van der Waals surface area contributed by atoms with Crippen LogP contribution in [-0.2, 0) is 5.75 Å². The Labute approximate surface area is 152 Å². The third kappa shape index (κ3) is 4.88. The number of para-hydroxylation sites is 1. The summed E-state index contributed by atoms with van der Waals surface area (Å²) in [6, 6.07) is 25.4. The lowest BCUT2D eigenvalue weighted by Gasteiger charge is -2.09. The predicted octanol–water partition coefficient (Wildman–Crippen LogP) is 5.55. The normalized spacial score (nSPS) is 10.3. The molecule has 0 aliphatic rings. The lowest BCUT2D eigenvalue weighted by molar-refractivity contribution is 0.102. The van der Waals surface area contributed by atoms with Crippen LogP contribution >= 0.6 is 11.8 Å². The predicted molar refractivity (Wildman–Crippen MR) is 108 cm³/mol. The maximum absolute atomic E-state index is 12.3. The SMILES string of the molecule is CSCc1ccc(C(=O)Nc2ccc(Nc3ccccc3)cc2)cc1. The van der Waals surface area contributed by atoms with Gasteiger partial charge >= 0.3 is 0 Å². The van der Waals surface area contributed by atoms with E-state index in [0.717, 1.165) is 22.8 Å². The van der Waals surface area contributed by atoms with E-state index in [4.69, 9.17) is 0 Å². The van der Waals surface area contributed by atoms with Crippen molar-refractivity contribution in [1.29, 1.82) is 0 Å². The fourth-order valence-corrected chi connectivity index (χ4v) is 2.97. The summed E-state index contributed by atoms with van der Waals surface area (Å²) in [5, 5.41) is 6.25. The zero-order valence-electron chi connectivity index (χ0n) is 14.0. The molecule has 3 nitrogen and oxygen atoms in total. The Kier molecular flexibility index (Phi) is 5.75. The molecule has 4 heteroatoms. The average Bonchev–Trinajstić information content (AvgIpc) is 2.65. The Morgan fingerprint density at radius 1 is 0.800 bits per heavy atom. The van der Waals surface area contributed by atoms with E-state index in [1.807, 2.05) is 78.9 Å². The van der Waals surface area contributed by atoms with Gasteiger partial charge < -0.3 is 10.6 Å². The van der Waals surface area contributed by atoms with E-state index in [2.05, 4.69) is 16.9 Å². The molecule has 0 heterocycles. The summed E-state index contributed by atoms with van der Waals surface area (Å²) in [7, 11) is 0. The van der Waals surface area contributed by atoms with E-state index in [1.165, 1.54) is 5.56 Å². The van der Waals surface area contributed by atoms with Crippen LogP contribution in [0.3, 0.4) is 0 Å². The van der Waals surface area contributed by atoms with Crippen molar-refractivity contribution in [2.24, 2.45) is 0 Å². The van der Waals surface area contributed by atoms with Gasteiger partial charge in [-0.05, 0) is 60.4 Å². The maximum Gasteiger partial charge on any atom is 0.255 e. The van der Waals surface area contributed by atoms with Gasteiger partial charge in [0.25, 0.3) is 5.91 Å². The van der Waals surface area contributed by atoms with Crippen molar-refractivity contribution in [3.05, 3.63) is 90.0 Å². The standard InChI is InChI=1S/C21H20N2OS/c1-25-15-16-7-9-17(10-8-16)21(24)23-20-13-11-19(12-14-20)22-18-5-3-2-4-6-18/h2-14,22H,15H2,1H3,(H,23,24). The number of hydrogen-bond donors (Lipinski definition) is 2. The first-order valence-corrected chi connectivity index (χ1v) is 9.45. The summed E-state index contributed by atoms with van der Waals surface area (Å²) in [5.41, 5.74) is 4.67. The molecule has 25 heavy (non-hydrogen) atoms. The van der Waals surface area contributed by atoms with Gasteiger partial charge in [-0.25, -0.2) is 0 Å². The van der Waals surface area contributed by atoms with Gasteiger partial charge in [0.05, 0.1) is 0 Å². The van der Waals surface area contributed by atoms with Gasteiger partial charge in [0.1, 0.15) is 0 Å². The average molecular weight is 348 g/mol. The lowest BCUT2D eigenvalue weighted by Crippen LogP contribution is -2.11. The van der Waals surface area contributed by atoms with Crippen LogP contribution in [0.2, 0.25) is 0 Å². The van der Waals surface area contributed by atoms with E-state index in [0.29, 0.717) is 5.56 Å². The molecular weight excluding hydrogens is 328 g/mol. The first-order valence-electron chi connectivity index (χ1n) is 8.06. The van der Waals surface area contributed by atoms with Crippen molar-refractivity contribution >= 4 is 34.7 Å². The topological polar surface area (TPSA) is 41.1 Å². The van der Waals surface area contributed by atoms with E-state index in [1.54, 1.807) is 11.8 Å². The molecule has 0 unspecified atom stereocenters. The number of hydrogen-bond acceptors (Lipinski definition) is 3. The summed E-state index contributed by atoms with van der Waals surface area (Å²) in [4.78, 5) is 12.3. The molecular formula is C21H20N2OS. The second-order valence-corrected chi connectivity index (χ2v) is 6.52. The third-order valence-corrected chi connectivity index (χ3v) is 4.35. The first-order chi connectivity index (χ1) is 12.2. The molecule has 0 aliphatic heterocycles. The van der Waals surface area contributed by atoms with Crippen LogP contribution in [0.25, 0.3) is 0 Å². The van der Waals surface area contributed by atoms with Crippen LogP contribution in [0.4, 0.5) is 17.1 Å². The molecule has 3 aromatic rings. The number of benzene rings is 3. The molecule has 0 aromatic heterocycles. The number of amides is 1. The number of nitrogens with one attached hydrogen (secondary N) is 2. The minimum atomic E-state index is -0.0977. The largest absolute Gasteiger partial charge is 0.356 e. The highest BCUT2D eigenvalue weighted by Crippen LogP contribution is 2.19. The molecule has 0 spiro atoms. The lowest BCUT2D eigenvalue weighted by atomic mass is 10.1. The fraction of sp³-hybridized carbons (Fsp3) is 0.0952. The van der Waals surface area contributed by atoms with E-state index >= 15 is 0 Å². The van der Waals surface area contributed by atoms with Crippen molar-refractivity contribution in [2.75, 3.05) is 16.9 Å². The molecule has 0 atom stereocenters. The molecule has 0 fully saturated rings. The highest BCUT2D eigenvalue weighted by molar-refractivity contribution is 7.97. The highest BCUT2D eigenvalue weighted by Gasteiger charge is 2.06. The minimum absolute atomic E-state index is 0.0977. The molecule has 0 saturated carbocycles. The molecule has 3 rings (SSSR count). The summed E-state index contributed by atoms with van der Waals surface area (Å²) in [6.07, 6.45) is 2.07. The number of carbonyl (C=O) groups excluding carboxylic acids is 1. The number of thioether (sulfide) groups is 1. The molecule has 0 saturated heterocycles. The highest BCUT2D eigenvalue weighted by atomic mass is 32.2. The Morgan fingerprint density at radius 2 is 1.40 bits per heavy atom. The van der Waals surface area contributed by atoms with Crippen molar-refractivity contribution in [3.8, 4) is 0 Å². The molecule has 126 valence electrons. The second-order valence-electron chi connectivity index (χ2n) is 5.65. The van der Waals surface area contributed by atoms with E-state index < -0.39 is 0 Å². The monoisotopic (exact) mass is 348 g/mol. The number of carbonyl (C=O) groups is 1. The zero-order chi connectivity index (χ0) is 17.5. The minimum Gasteiger partial charge on any atom is -0.356 e. The van der Waals surface area contributed by atoms with Crippen molar-refractivity contribution in [3.63, 3.8) is 0 Å². The second kappa shape index (κ2) is 8.40. The van der Waals surface area contributed by atoms with Crippen LogP contribution in [-0.4, -0.2) is 12.2 Å². The smallest absolute Gasteiger partial charge is 0.255 e. The molecule has 0 radical (unpaired) electrons. The molecule has 0 aliphatic carbocycles.